The molecule has 0 aliphatic carbocycles. The van der Waals surface area contributed by atoms with Crippen LogP contribution < -0.4 is 9.64 Å². The first-order valence-corrected chi connectivity index (χ1v) is 7.25. The second-order valence-corrected chi connectivity index (χ2v) is 5.76. The number of halogens is 1. The normalized spacial score (nSPS) is 10.5. The predicted molar refractivity (Wildman–Crippen MR) is 87.2 cm³/mol. The fourth-order valence-electron chi connectivity index (χ4n) is 2.29. The Bertz CT molecular complexity index is 617. The van der Waals surface area contributed by atoms with Gasteiger partial charge in [0.15, 0.2) is 0 Å². The minimum Gasteiger partial charge on any atom is -0.496 e. The minimum absolute atomic E-state index is 0.926. The van der Waals surface area contributed by atoms with Crippen molar-refractivity contribution in [1.82, 2.24) is 4.98 Å². The summed E-state index contributed by atoms with van der Waals surface area (Å²) < 4.78 is 6.44. The monoisotopic (exact) mass is 334 g/mol. The molecule has 2 rings (SSSR count). The summed E-state index contributed by atoms with van der Waals surface area (Å²) in [6.07, 6.45) is 0. The first-order chi connectivity index (χ1) is 9.43. The molecule has 0 bridgehead atoms. The van der Waals surface area contributed by atoms with Crippen LogP contribution in [0.5, 0.6) is 5.75 Å². The van der Waals surface area contributed by atoms with Crippen LogP contribution in [0, 0.1) is 20.8 Å². The molecule has 0 spiro atoms. The van der Waals surface area contributed by atoms with E-state index in [4.69, 9.17) is 4.74 Å². The molecule has 20 heavy (non-hydrogen) atoms. The number of anilines is 2. The van der Waals surface area contributed by atoms with Crippen LogP contribution in [0.2, 0.25) is 0 Å². The Morgan fingerprint density at radius 3 is 2.20 bits per heavy atom. The van der Waals surface area contributed by atoms with Gasteiger partial charge in [0.2, 0.25) is 0 Å². The van der Waals surface area contributed by atoms with Crippen LogP contribution in [-0.2, 0) is 0 Å². The highest BCUT2D eigenvalue weighted by Crippen LogP contribution is 2.31. The van der Waals surface area contributed by atoms with E-state index in [0.29, 0.717) is 0 Å². The summed E-state index contributed by atoms with van der Waals surface area (Å²) in [6.45, 7) is 6.11. The van der Waals surface area contributed by atoms with Crippen molar-refractivity contribution in [3.63, 3.8) is 0 Å². The fourth-order valence-corrected chi connectivity index (χ4v) is 2.51. The van der Waals surface area contributed by atoms with Gasteiger partial charge in [0, 0.05) is 17.2 Å². The third-order valence-electron chi connectivity index (χ3n) is 3.39. The zero-order valence-corrected chi connectivity index (χ0v) is 14.1. The van der Waals surface area contributed by atoms with Crippen molar-refractivity contribution < 1.29 is 4.74 Å². The van der Waals surface area contributed by atoms with Gasteiger partial charge in [-0.3, -0.25) is 0 Å². The summed E-state index contributed by atoms with van der Waals surface area (Å²) in [7, 11) is 3.73. The maximum absolute atomic E-state index is 5.41. The van der Waals surface area contributed by atoms with Crippen molar-refractivity contribution in [2.75, 3.05) is 19.1 Å². The third-order valence-corrected chi connectivity index (χ3v) is 4.22. The van der Waals surface area contributed by atoms with Crippen molar-refractivity contribution in [1.29, 1.82) is 0 Å². The van der Waals surface area contributed by atoms with E-state index in [2.05, 4.69) is 51.8 Å². The molecule has 1 aromatic carbocycles. The molecule has 0 N–H and O–H groups in total. The molecule has 0 aliphatic rings. The number of aryl methyl sites for hydroxylation is 3. The molecule has 0 saturated carbocycles. The van der Waals surface area contributed by atoms with Gasteiger partial charge in [-0.1, -0.05) is 0 Å². The van der Waals surface area contributed by atoms with Crippen molar-refractivity contribution in [2.45, 2.75) is 20.8 Å². The van der Waals surface area contributed by atoms with Gasteiger partial charge in [0.1, 0.15) is 11.6 Å². The summed E-state index contributed by atoms with van der Waals surface area (Å²) in [5.74, 6) is 1.87. The number of methoxy groups -OCH3 is 1. The second kappa shape index (κ2) is 5.83. The first kappa shape index (κ1) is 14.9. The van der Waals surface area contributed by atoms with Gasteiger partial charge in [-0.25, -0.2) is 4.98 Å². The van der Waals surface area contributed by atoms with E-state index < -0.39 is 0 Å². The molecule has 0 atom stereocenters. The molecular formula is C16H19BrN2O. The zero-order valence-electron chi connectivity index (χ0n) is 12.5. The number of hydrogen-bond donors (Lipinski definition) is 0. The molecule has 3 nitrogen and oxygen atoms in total. The highest BCUT2D eigenvalue weighted by atomic mass is 79.9. The van der Waals surface area contributed by atoms with E-state index >= 15 is 0 Å². The van der Waals surface area contributed by atoms with E-state index in [1.54, 1.807) is 7.11 Å². The highest BCUT2D eigenvalue weighted by molar-refractivity contribution is 9.10. The minimum atomic E-state index is 0.926. The lowest BCUT2D eigenvalue weighted by Gasteiger charge is -2.21. The number of aromatic nitrogens is 1. The molecule has 1 aromatic heterocycles. The highest BCUT2D eigenvalue weighted by Gasteiger charge is 2.11. The average molecular weight is 335 g/mol. The molecule has 2 aromatic rings. The Labute approximate surface area is 128 Å². The van der Waals surface area contributed by atoms with E-state index in [9.17, 15) is 0 Å². The molecule has 0 radical (unpaired) electrons. The van der Waals surface area contributed by atoms with E-state index in [-0.39, 0.29) is 0 Å². The Morgan fingerprint density at radius 2 is 1.70 bits per heavy atom. The van der Waals surface area contributed by atoms with Gasteiger partial charge in [-0.15, -0.1) is 0 Å². The average Bonchev–Trinajstić information content (AvgIpc) is 2.40. The first-order valence-electron chi connectivity index (χ1n) is 6.46. The largest absolute Gasteiger partial charge is 0.496 e. The quantitative estimate of drug-likeness (QED) is 0.823. The Kier molecular flexibility index (Phi) is 4.33. The molecular weight excluding hydrogens is 316 g/mol. The van der Waals surface area contributed by atoms with Crippen molar-refractivity contribution in [3.05, 3.63) is 45.6 Å². The van der Waals surface area contributed by atoms with Gasteiger partial charge in [-0.05, 0) is 72.1 Å². The molecule has 0 aliphatic heterocycles. The molecule has 1 heterocycles. The smallest absolute Gasteiger partial charge is 0.133 e. The third kappa shape index (κ3) is 2.80. The van der Waals surface area contributed by atoms with Crippen molar-refractivity contribution >= 4 is 27.4 Å². The second-order valence-electron chi connectivity index (χ2n) is 4.91. The lowest BCUT2D eigenvalue weighted by Crippen LogP contribution is -2.12. The lowest BCUT2D eigenvalue weighted by molar-refractivity contribution is 0.408. The SMILES string of the molecule is COc1c(C)cc(N(C)c2ccc(Br)c(C)n2)cc1C. The van der Waals surface area contributed by atoms with Gasteiger partial charge in [0.25, 0.3) is 0 Å². The van der Waals surface area contributed by atoms with Crippen LogP contribution in [-0.4, -0.2) is 19.1 Å². The number of benzene rings is 1. The Balaban J connectivity index is 2.42. The number of hydrogen-bond acceptors (Lipinski definition) is 3. The topological polar surface area (TPSA) is 25.4 Å². The van der Waals surface area contributed by atoms with E-state index in [0.717, 1.165) is 38.5 Å². The molecule has 4 heteroatoms. The summed E-state index contributed by atoms with van der Waals surface area (Å²) in [5, 5.41) is 0. The number of nitrogens with zero attached hydrogens (tertiary/aromatic N) is 2. The molecule has 0 unspecified atom stereocenters. The van der Waals surface area contributed by atoms with E-state index in [1.165, 1.54) is 0 Å². The van der Waals surface area contributed by atoms with Crippen LogP contribution >= 0.6 is 15.9 Å². The number of ether oxygens (including phenoxy) is 1. The number of pyridine rings is 1. The lowest BCUT2D eigenvalue weighted by atomic mass is 10.1. The van der Waals surface area contributed by atoms with Crippen LogP contribution in [0.25, 0.3) is 0 Å². The molecule has 0 amide bonds. The summed E-state index contributed by atoms with van der Waals surface area (Å²) in [4.78, 5) is 6.68. The Hall–Kier alpha value is -1.55. The van der Waals surface area contributed by atoms with E-state index in [1.807, 2.05) is 26.1 Å². The Morgan fingerprint density at radius 1 is 1.10 bits per heavy atom. The number of rotatable bonds is 3. The van der Waals surface area contributed by atoms with Crippen LogP contribution in [0.1, 0.15) is 16.8 Å². The van der Waals surface area contributed by atoms with Gasteiger partial charge < -0.3 is 9.64 Å². The maximum atomic E-state index is 5.41. The molecule has 0 fully saturated rings. The van der Waals surface area contributed by atoms with Crippen molar-refractivity contribution in [3.8, 4) is 5.75 Å². The molecule has 0 saturated heterocycles. The fraction of sp³-hybridized carbons (Fsp3) is 0.312. The zero-order chi connectivity index (χ0) is 14.9. The van der Waals surface area contributed by atoms with Crippen molar-refractivity contribution in [2.24, 2.45) is 0 Å². The van der Waals surface area contributed by atoms with Gasteiger partial charge in [-0.2, -0.15) is 0 Å². The molecule has 106 valence electrons. The van der Waals surface area contributed by atoms with Gasteiger partial charge >= 0.3 is 0 Å². The standard InChI is InChI=1S/C16H19BrN2O/c1-10-8-13(9-11(2)16(10)20-5)19(4)15-7-6-14(17)12(3)18-15/h6-9H,1-5H3. The van der Waals surface area contributed by atoms with Crippen LogP contribution in [0.4, 0.5) is 11.5 Å². The van der Waals surface area contributed by atoms with Crippen LogP contribution in [0.3, 0.4) is 0 Å². The summed E-state index contributed by atoms with van der Waals surface area (Å²) in [5.41, 5.74) is 4.35. The predicted octanol–water partition coefficient (Wildman–Crippen LogP) is 4.55. The summed E-state index contributed by atoms with van der Waals surface area (Å²) >= 11 is 3.48. The van der Waals surface area contributed by atoms with Crippen LogP contribution in [0.15, 0.2) is 28.7 Å². The summed E-state index contributed by atoms with van der Waals surface area (Å²) in [6, 6.07) is 8.26. The maximum Gasteiger partial charge on any atom is 0.133 e. The van der Waals surface area contributed by atoms with Gasteiger partial charge in [0.05, 0.1) is 12.8 Å².